The van der Waals surface area contributed by atoms with Gasteiger partial charge in [0.1, 0.15) is 16.9 Å². The fourth-order valence-corrected chi connectivity index (χ4v) is 2.62. The molecule has 0 aromatic heterocycles. The number of ether oxygens (including phenoxy) is 2. The highest BCUT2D eigenvalue weighted by Crippen LogP contribution is 2.33. The highest BCUT2D eigenvalue weighted by atomic mass is 35.5. The molecule has 1 aromatic rings. The van der Waals surface area contributed by atoms with Crippen LogP contribution in [0.25, 0.3) is 0 Å². The molecule has 0 bridgehead atoms. The molecule has 112 valence electrons. The number of hydrogen-bond donors (Lipinski definition) is 1. The van der Waals surface area contributed by atoms with Crippen LogP contribution in [0.1, 0.15) is 20.3 Å². The van der Waals surface area contributed by atoms with E-state index in [1.165, 1.54) is 0 Å². The second-order valence-corrected chi connectivity index (χ2v) is 6.13. The minimum absolute atomic E-state index is 0.0108. The van der Waals surface area contributed by atoms with Gasteiger partial charge in [0.05, 0.1) is 17.7 Å². The summed E-state index contributed by atoms with van der Waals surface area (Å²) in [4.78, 5) is 0. The van der Waals surface area contributed by atoms with Gasteiger partial charge in [-0.25, -0.2) is 0 Å². The van der Waals surface area contributed by atoms with Gasteiger partial charge >= 0.3 is 0 Å². The molecule has 1 heterocycles. The van der Waals surface area contributed by atoms with E-state index in [1.54, 1.807) is 6.07 Å². The standard InChI is InChI=1S/C15H21Cl2NO2/c1-10(2)19-9-14(11-6-7-18-8-11)20-13-5-3-4-12(16)15(13)17/h3-5,10-11,14,18H,6-9H2,1-2H3/t11?,14-/m0/s1. The lowest BCUT2D eigenvalue weighted by Gasteiger charge is -2.25. The summed E-state index contributed by atoms with van der Waals surface area (Å²) in [6.45, 7) is 6.58. The Morgan fingerprint density at radius 2 is 2.15 bits per heavy atom. The van der Waals surface area contributed by atoms with Crippen LogP contribution in [-0.2, 0) is 4.74 Å². The van der Waals surface area contributed by atoms with E-state index in [4.69, 9.17) is 32.7 Å². The lowest BCUT2D eigenvalue weighted by molar-refractivity contribution is -0.00362. The molecule has 2 rings (SSSR count). The topological polar surface area (TPSA) is 30.5 Å². The molecule has 20 heavy (non-hydrogen) atoms. The van der Waals surface area contributed by atoms with E-state index in [9.17, 15) is 0 Å². The van der Waals surface area contributed by atoms with Crippen LogP contribution in [-0.4, -0.2) is 31.9 Å². The monoisotopic (exact) mass is 317 g/mol. The van der Waals surface area contributed by atoms with Crippen molar-refractivity contribution >= 4 is 23.2 Å². The maximum atomic E-state index is 6.19. The van der Waals surface area contributed by atoms with Crippen molar-refractivity contribution in [2.24, 2.45) is 5.92 Å². The Bertz CT molecular complexity index is 434. The van der Waals surface area contributed by atoms with Crippen molar-refractivity contribution in [1.29, 1.82) is 0 Å². The van der Waals surface area contributed by atoms with Crippen LogP contribution >= 0.6 is 23.2 Å². The first kappa shape index (κ1) is 15.9. The summed E-state index contributed by atoms with van der Waals surface area (Å²) in [6, 6.07) is 5.45. The Balaban J connectivity index is 2.07. The predicted molar refractivity (Wildman–Crippen MR) is 82.9 cm³/mol. The van der Waals surface area contributed by atoms with Gasteiger partial charge in [-0.2, -0.15) is 0 Å². The van der Waals surface area contributed by atoms with Crippen LogP contribution < -0.4 is 10.1 Å². The average molecular weight is 318 g/mol. The van der Waals surface area contributed by atoms with Crippen LogP contribution in [0.4, 0.5) is 0 Å². The molecular weight excluding hydrogens is 297 g/mol. The molecular formula is C15H21Cl2NO2. The first-order valence-corrected chi connectivity index (χ1v) is 7.76. The molecule has 1 aromatic carbocycles. The molecule has 1 aliphatic rings. The second-order valence-electron chi connectivity index (χ2n) is 5.34. The highest BCUT2D eigenvalue weighted by Gasteiger charge is 2.27. The van der Waals surface area contributed by atoms with Crippen molar-refractivity contribution in [2.45, 2.75) is 32.5 Å². The van der Waals surface area contributed by atoms with Crippen LogP contribution in [0.5, 0.6) is 5.75 Å². The van der Waals surface area contributed by atoms with E-state index in [0.717, 1.165) is 19.5 Å². The molecule has 5 heteroatoms. The molecule has 0 aliphatic carbocycles. The molecule has 0 amide bonds. The minimum Gasteiger partial charge on any atom is -0.486 e. The maximum absolute atomic E-state index is 6.19. The maximum Gasteiger partial charge on any atom is 0.139 e. The molecule has 1 unspecified atom stereocenters. The van der Waals surface area contributed by atoms with Crippen molar-refractivity contribution in [3.63, 3.8) is 0 Å². The zero-order valence-corrected chi connectivity index (χ0v) is 13.4. The Kier molecular flexibility index (Phi) is 5.97. The number of halogens is 2. The first-order valence-electron chi connectivity index (χ1n) is 7.01. The number of nitrogens with one attached hydrogen (secondary N) is 1. The molecule has 0 spiro atoms. The first-order chi connectivity index (χ1) is 9.58. The van der Waals surface area contributed by atoms with Gasteiger partial charge in [0, 0.05) is 12.5 Å². The molecule has 3 nitrogen and oxygen atoms in total. The summed E-state index contributed by atoms with van der Waals surface area (Å²) in [7, 11) is 0. The molecule has 0 radical (unpaired) electrons. The highest BCUT2D eigenvalue weighted by molar-refractivity contribution is 6.42. The van der Waals surface area contributed by atoms with Crippen molar-refractivity contribution in [1.82, 2.24) is 5.32 Å². The van der Waals surface area contributed by atoms with Gasteiger partial charge in [-0.1, -0.05) is 29.3 Å². The molecule has 1 N–H and O–H groups in total. The summed E-state index contributed by atoms with van der Waals surface area (Å²) >= 11 is 12.2. The molecule has 1 fully saturated rings. The van der Waals surface area contributed by atoms with Gasteiger partial charge in [-0.05, 0) is 38.9 Å². The third kappa shape index (κ3) is 4.26. The largest absolute Gasteiger partial charge is 0.486 e. The Hall–Kier alpha value is -0.480. The van der Waals surface area contributed by atoms with Gasteiger partial charge in [0.15, 0.2) is 0 Å². The number of hydrogen-bond acceptors (Lipinski definition) is 3. The van der Waals surface area contributed by atoms with Crippen LogP contribution in [0, 0.1) is 5.92 Å². The number of rotatable bonds is 6. The summed E-state index contributed by atoms with van der Waals surface area (Å²) in [5, 5.41) is 4.34. The summed E-state index contributed by atoms with van der Waals surface area (Å²) in [6.07, 6.45) is 1.26. The van der Waals surface area contributed by atoms with Crippen molar-refractivity contribution in [3.05, 3.63) is 28.2 Å². The van der Waals surface area contributed by atoms with E-state index >= 15 is 0 Å². The molecule has 2 atom stereocenters. The average Bonchev–Trinajstić information content (AvgIpc) is 2.93. The van der Waals surface area contributed by atoms with Gasteiger partial charge < -0.3 is 14.8 Å². The van der Waals surface area contributed by atoms with Crippen molar-refractivity contribution in [3.8, 4) is 5.75 Å². The van der Waals surface area contributed by atoms with Crippen molar-refractivity contribution < 1.29 is 9.47 Å². The second kappa shape index (κ2) is 7.51. The lowest BCUT2D eigenvalue weighted by atomic mass is 10.0. The smallest absolute Gasteiger partial charge is 0.139 e. The third-order valence-corrected chi connectivity index (χ3v) is 4.21. The molecule has 1 aliphatic heterocycles. The lowest BCUT2D eigenvalue weighted by Crippen LogP contribution is -2.34. The van der Waals surface area contributed by atoms with E-state index in [0.29, 0.717) is 28.3 Å². The molecule has 1 saturated heterocycles. The fraction of sp³-hybridized carbons (Fsp3) is 0.600. The summed E-state index contributed by atoms with van der Waals surface area (Å²) in [5.41, 5.74) is 0. The zero-order valence-electron chi connectivity index (χ0n) is 11.9. The Labute approximate surface area is 130 Å². The summed E-state index contributed by atoms with van der Waals surface area (Å²) < 4.78 is 11.8. The fourth-order valence-electron chi connectivity index (χ4n) is 2.29. The van der Waals surface area contributed by atoms with Crippen LogP contribution in [0.3, 0.4) is 0 Å². The third-order valence-electron chi connectivity index (χ3n) is 3.41. The van der Waals surface area contributed by atoms with Gasteiger partial charge in [0.25, 0.3) is 0 Å². The molecule has 0 saturated carbocycles. The quantitative estimate of drug-likeness (QED) is 0.866. The van der Waals surface area contributed by atoms with Gasteiger partial charge in [-0.3, -0.25) is 0 Å². The zero-order chi connectivity index (χ0) is 14.5. The van der Waals surface area contributed by atoms with Crippen LogP contribution in [0.2, 0.25) is 10.0 Å². The number of benzene rings is 1. The predicted octanol–water partition coefficient (Wildman–Crippen LogP) is 3.78. The van der Waals surface area contributed by atoms with Crippen LogP contribution in [0.15, 0.2) is 18.2 Å². The Morgan fingerprint density at radius 3 is 2.80 bits per heavy atom. The van der Waals surface area contributed by atoms with E-state index < -0.39 is 0 Å². The van der Waals surface area contributed by atoms with Gasteiger partial charge in [0.2, 0.25) is 0 Å². The van der Waals surface area contributed by atoms with E-state index in [2.05, 4.69) is 5.32 Å². The SMILES string of the molecule is CC(C)OC[C@H](Oc1cccc(Cl)c1Cl)C1CCNC1. The minimum atomic E-state index is -0.0108. The van der Waals surface area contributed by atoms with E-state index in [1.807, 2.05) is 26.0 Å². The van der Waals surface area contributed by atoms with Crippen molar-refractivity contribution in [2.75, 3.05) is 19.7 Å². The summed E-state index contributed by atoms with van der Waals surface area (Å²) in [5.74, 6) is 1.06. The normalized spacial score (nSPS) is 20.4. The van der Waals surface area contributed by atoms with Gasteiger partial charge in [-0.15, -0.1) is 0 Å². The Morgan fingerprint density at radius 1 is 1.35 bits per heavy atom. The van der Waals surface area contributed by atoms with E-state index in [-0.39, 0.29) is 12.2 Å².